The van der Waals surface area contributed by atoms with Crippen molar-refractivity contribution in [2.24, 2.45) is 0 Å². The van der Waals surface area contributed by atoms with Crippen LogP contribution in [0.3, 0.4) is 0 Å². The van der Waals surface area contributed by atoms with Crippen molar-refractivity contribution in [2.45, 2.75) is 31.6 Å². The molecule has 0 amide bonds. The quantitative estimate of drug-likeness (QED) is 0.692. The molecule has 0 aromatic heterocycles. The lowest BCUT2D eigenvalue weighted by molar-refractivity contribution is -0.121. The first kappa shape index (κ1) is 9.72. The fourth-order valence-corrected chi connectivity index (χ4v) is 2.27. The molecule has 14 heavy (non-hydrogen) atoms. The molecule has 0 radical (unpaired) electrons. The molecule has 0 heterocycles. The lowest BCUT2D eigenvalue weighted by Crippen LogP contribution is -2.26. The highest BCUT2D eigenvalue weighted by Gasteiger charge is 2.38. The summed E-state index contributed by atoms with van der Waals surface area (Å²) in [5.41, 5.74) is 0.842. The van der Waals surface area contributed by atoms with Gasteiger partial charge in [-0.1, -0.05) is 23.7 Å². The molecule has 0 spiro atoms. The monoisotopic (exact) mass is 208 g/mol. The van der Waals surface area contributed by atoms with Crippen LogP contribution in [0.25, 0.3) is 0 Å². The van der Waals surface area contributed by atoms with E-state index in [1.165, 1.54) is 0 Å². The summed E-state index contributed by atoms with van der Waals surface area (Å²) in [6.07, 6.45) is 2.70. The molecule has 1 aromatic carbocycles. The summed E-state index contributed by atoms with van der Waals surface area (Å²) >= 11 is 5.82. The average molecular weight is 209 g/mol. The first-order valence-electron chi connectivity index (χ1n) is 4.92. The van der Waals surface area contributed by atoms with Gasteiger partial charge in [0.25, 0.3) is 0 Å². The molecule has 0 aliphatic heterocycles. The third-order valence-corrected chi connectivity index (χ3v) is 3.43. The second-order valence-corrected chi connectivity index (χ2v) is 4.55. The topological polar surface area (TPSA) is 17.1 Å². The molecule has 0 saturated heterocycles. The zero-order valence-corrected chi connectivity index (χ0v) is 8.97. The van der Waals surface area contributed by atoms with Crippen molar-refractivity contribution in [2.75, 3.05) is 0 Å². The SMILES string of the molecule is CC1(c2ccc(Cl)cc2)CCCC1=O. The second kappa shape index (κ2) is 3.39. The van der Waals surface area contributed by atoms with Crippen LogP contribution in [-0.4, -0.2) is 5.78 Å². The predicted molar refractivity (Wildman–Crippen MR) is 57.7 cm³/mol. The number of carbonyl (C=O) groups is 1. The number of hydrogen-bond acceptors (Lipinski definition) is 1. The number of halogens is 1. The van der Waals surface area contributed by atoms with Gasteiger partial charge in [-0.25, -0.2) is 0 Å². The molecule has 1 fully saturated rings. The van der Waals surface area contributed by atoms with Gasteiger partial charge >= 0.3 is 0 Å². The Bertz CT molecular complexity index is 355. The summed E-state index contributed by atoms with van der Waals surface area (Å²) in [5.74, 6) is 0.361. The largest absolute Gasteiger partial charge is 0.299 e. The number of benzene rings is 1. The lowest BCUT2D eigenvalue weighted by Gasteiger charge is -2.22. The molecule has 0 N–H and O–H groups in total. The minimum absolute atomic E-state index is 0.259. The Kier molecular flexibility index (Phi) is 2.36. The van der Waals surface area contributed by atoms with Crippen LogP contribution >= 0.6 is 11.6 Å². The highest BCUT2D eigenvalue weighted by atomic mass is 35.5. The maximum absolute atomic E-state index is 11.7. The Morgan fingerprint density at radius 1 is 1.29 bits per heavy atom. The maximum atomic E-state index is 11.7. The smallest absolute Gasteiger partial charge is 0.143 e. The minimum Gasteiger partial charge on any atom is -0.299 e. The van der Waals surface area contributed by atoms with E-state index in [0.29, 0.717) is 5.78 Å². The minimum atomic E-state index is -0.259. The molecule has 1 aromatic rings. The zero-order valence-electron chi connectivity index (χ0n) is 8.22. The molecule has 1 aliphatic rings. The summed E-state index contributed by atoms with van der Waals surface area (Å²) in [6, 6.07) is 7.64. The van der Waals surface area contributed by atoms with Crippen LogP contribution in [0.15, 0.2) is 24.3 Å². The first-order valence-corrected chi connectivity index (χ1v) is 5.30. The van der Waals surface area contributed by atoms with Gasteiger partial charge in [0.2, 0.25) is 0 Å². The summed E-state index contributed by atoms with van der Waals surface area (Å²) in [4.78, 5) is 11.7. The van der Waals surface area contributed by atoms with Crippen LogP contribution in [0.2, 0.25) is 5.02 Å². The standard InChI is InChI=1S/C12H13ClO/c1-12(8-2-3-11(12)14)9-4-6-10(13)7-5-9/h4-7H,2-3,8H2,1H3. The van der Waals surface area contributed by atoms with Gasteiger partial charge in [-0.2, -0.15) is 0 Å². The molecule has 74 valence electrons. The zero-order chi connectivity index (χ0) is 10.2. The van der Waals surface area contributed by atoms with Crippen LogP contribution in [0.1, 0.15) is 31.7 Å². The van der Waals surface area contributed by atoms with E-state index in [1.807, 2.05) is 31.2 Å². The third-order valence-electron chi connectivity index (χ3n) is 3.18. The Morgan fingerprint density at radius 3 is 2.43 bits per heavy atom. The molecule has 2 heteroatoms. The third kappa shape index (κ3) is 1.46. The fourth-order valence-electron chi connectivity index (χ4n) is 2.14. The van der Waals surface area contributed by atoms with Gasteiger partial charge in [0.05, 0.1) is 5.41 Å². The van der Waals surface area contributed by atoms with Gasteiger partial charge in [-0.3, -0.25) is 4.79 Å². The van der Waals surface area contributed by atoms with Crippen molar-refractivity contribution < 1.29 is 4.79 Å². The normalized spacial score (nSPS) is 26.9. The molecular formula is C12H13ClO. The fraction of sp³-hybridized carbons (Fsp3) is 0.417. The van der Waals surface area contributed by atoms with Crippen LogP contribution < -0.4 is 0 Å². The Morgan fingerprint density at radius 2 is 1.93 bits per heavy atom. The van der Waals surface area contributed by atoms with Gasteiger partial charge in [-0.15, -0.1) is 0 Å². The van der Waals surface area contributed by atoms with E-state index < -0.39 is 0 Å². The van der Waals surface area contributed by atoms with Gasteiger partial charge in [0.15, 0.2) is 0 Å². The van der Waals surface area contributed by atoms with Gasteiger partial charge in [0, 0.05) is 11.4 Å². The molecule has 2 rings (SSSR count). The van der Waals surface area contributed by atoms with E-state index in [0.717, 1.165) is 29.8 Å². The number of hydrogen-bond donors (Lipinski definition) is 0. The van der Waals surface area contributed by atoms with E-state index in [2.05, 4.69) is 0 Å². The van der Waals surface area contributed by atoms with Gasteiger partial charge < -0.3 is 0 Å². The maximum Gasteiger partial charge on any atom is 0.143 e. The number of Topliss-reactive ketones (excluding diaryl/α,β-unsaturated/α-hetero) is 1. The van der Waals surface area contributed by atoms with E-state index >= 15 is 0 Å². The summed E-state index contributed by atoms with van der Waals surface area (Å²) in [7, 11) is 0. The van der Waals surface area contributed by atoms with Crippen LogP contribution in [-0.2, 0) is 10.2 Å². The Balaban J connectivity index is 2.38. The summed E-state index contributed by atoms with van der Waals surface area (Å²) in [5, 5.41) is 0.725. The number of carbonyl (C=O) groups excluding carboxylic acids is 1. The first-order chi connectivity index (χ1) is 6.63. The Labute approximate surface area is 89.1 Å². The van der Waals surface area contributed by atoms with Crippen molar-refractivity contribution in [1.82, 2.24) is 0 Å². The molecule has 1 saturated carbocycles. The van der Waals surface area contributed by atoms with Crippen molar-refractivity contribution in [3.8, 4) is 0 Å². The van der Waals surface area contributed by atoms with Crippen molar-refractivity contribution in [3.05, 3.63) is 34.9 Å². The van der Waals surface area contributed by atoms with E-state index in [9.17, 15) is 4.79 Å². The van der Waals surface area contributed by atoms with Crippen LogP contribution in [0.5, 0.6) is 0 Å². The second-order valence-electron chi connectivity index (χ2n) is 4.12. The highest BCUT2D eigenvalue weighted by Crippen LogP contribution is 2.37. The van der Waals surface area contributed by atoms with Crippen molar-refractivity contribution in [1.29, 1.82) is 0 Å². The molecule has 1 aliphatic carbocycles. The predicted octanol–water partition coefficient (Wildman–Crippen LogP) is 3.35. The van der Waals surface area contributed by atoms with E-state index in [4.69, 9.17) is 11.6 Å². The van der Waals surface area contributed by atoms with Crippen LogP contribution in [0, 0.1) is 0 Å². The summed E-state index contributed by atoms with van der Waals surface area (Å²) in [6.45, 7) is 2.03. The molecule has 0 bridgehead atoms. The molecule has 1 nitrogen and oxygen atoms in total. The van der Waals surface area contributed by atoms with E-state index in [-0.39, 0.29) is 5.41 Å². The number of rotatable bonds is 1. The van der Waals surface area contributed by atoms with Crippen LogP contribution in [0.4, 0.5) is 0 Å². The van der Waals surface area contributed by atoms with Crippen molar-refractivity contribution >= 4 is 17.4 Å². The molecule has 1 atom stereocenters. The highest BCUT2D eigenvalue weighted by molar-refractivity contribution is 6.30. The number of ketones is 1. The lowest BCUT2D eigenvalue weighted by atomic mass is 9.80. The van der Waals surface area contributed by atoms with E-state index in [1.54, 1.807) is 0 Å². The van der Waals surface area contributed by atoms with Gasteiger partial charge in [-0.05, 0) is 37.5 Å². The molecular weight excluding hydrogens is 196 g/mol. The van der Waals surface area contributed by atoms with Gasteiger partial charge in [0.1, 0.15) is 5.78 Å². The Hall–Kier alpha value is -0.820. The summed E-state index contributed by atoms with van der Waals surface area (Å²) < 4.78 is 0. The average Bonchev–Trinajstić information content (AvgIpc) is 2.49. The van der Waals surface area contributed by atoms with Crippen molar-refractivity contribution in [3.63, 3.8) is 0 Å². The molecule has 1 unspecified atom stereocenters.